The number of para-hydroxylation sites is 1. The van der Waals surface area contributed by atoms with Crippen molar-refractivity contribution in [1.29, 1.82) is 0 Å². The molecule has 2 saturated carbocycles. The lowest BCUT2D eigenvalue weighted by Gasteiger charge is -2.32. The first-order valence-electron chi connectivity index (χ1n) is 24.9. The zero-order valence-electron chi connectivity index (χ0n) is 39.2. The Labute approximate surface area is 391 Å². The summed E-state index contributed by atoms with van der Waals surface area (Å²) >= 11 is 0. The fourth-order valence-corrected chi connectivity index (χ4v) is 11.7. The predicted octanol–water partition coefficient (Wildman–Crippen LogP) is 18.9. The number of rotatable bonds is 11. The Morgan fingerprint density at radius 3 is 1.86 bits per heavy atom. The van der Waals surface area contributed by atoms with Gasteiger partial charge in [0.15, 0.2) is 5.58 Å². The van der Waals surface area contributed by atoms with Crippen molar-refractivity contribution in [3.63, 3.8) is 0 Å². The van der Waals surface area contributed by atoms with Crippen LogP contribution in [0.5, 0.6) is 0 Å². The van der Waals surface area contributed by atoms with Gasteiger partial charge in [0.2, 0.25) is 0 Å². The van der Waals surface area contributed by atoms with Crippen molar-refractivity contribution in [2.24, 2.45) is 0 Å². The van der Waals surface area contributed by atoms with Crippen LogP contribution in [0.3, 0.4) is 0 Å². The number of hydrogen-bond acceptors (Lipinski definition) is 3. The van der Waals surface area contributed by atoms with Crippen molar-refractivity contribution >= 4 is 83.9 Å². The van der Waals surface area contributed by atoms with Crippen molar-refractivity contribution in [3.8, 4) is 0 Å². The smallest absolute Gasteiger partial charge is 0.158 e. The fraction of sp³-hybridized carbons (Fsp3) is 0.270. The lowest BCUT2D eigenvalue weighted by molar-refractivity contribution is 0.445. The third kappa shape index (κ3) is 7.77. The summed E-state index contributed by atoms with van der Waals surface area (Å²) in [5.41, 5.74) is 15.9. The first-order chi connectivity index (χ1) is 32.4. The minimum absolute atomic E-state index is 0.501. The van der Waals surface area contributed by atoms with Gasteiger partial charge in [0, 0.05) is 38.8 Å². The molecule has 0 atom stereocenters. The second kappa shape index (κ2) is 18.0. The number of nitrogens with zero attached hydrogens (tertiary/aromatic N) is 1. The quantitative estimate of drug-likeness (QED) is 0.104. The molecule has 330 valence electrons. The maximum atomic E-state index is 6.94. The highest BCUT2D eigenvalue weighted by Gasteiger charge is 2.29. The zero-order chi connectivity index (χ0) is 44.7. The molecule has 1 heterocycles. The predicted molar refractivity (Wildman–Crippen MR) is 284 cm³/mol. The van der Waals surface area contributed by atoms with Crippen LogP contribution in [0.25, 0.3) is 55.4 Å². The molecule has 0 saturated heterocycles. The Balaban J connectivity index is 1.15. The molecule has 2 aliphatic carbocycles. The van der Waals surface area contributed by atoms with Gasteiger partial charge in [0.25, 0.3) is 0 Å². The number of fused-ring (bicyclic) bond motifs is 1. The normalized spacial score (nSPS) is 15.4. The molecule has 2 aliphatic rings. The van der Waals surface area contributed by atoms with Gasteiger partial charge in [-0.25, -0.2) is 0 Å². The van der Waals surface area contributed by atoms with Crippen LogP contribution in [0.1, 0.15) is 128 Å². The number of aryl methyl sites for hydroxylation is 4. The van der Waals surface area contributed by atoms with Crippen LogP contribution in [0, 0.1) is 20.8 Å². The van der Waals surface area contributed by atoms with Gasteiger partial charge in [0.05, 0.1) is 11.4 Å². The van der Waals surface area contributed by atoms with E-state index in [0.29, 0.717) is 11.8 Å². The molecule has 1 N–H and O–H groups in total. The van der Waals surface area contributed by atoms with Gasteiger partial charge >= 0.3 is 0 Å². The molecule has 11 rings (SSSR count). The molecule has 1 aromatic heterocycles. The van der Waals surface area contributed by atoms with Crippen LogP contribution in [0.15, 0.2) is 144 Å². The SMILES string of the molecule is CCc1ccccc1/C=C/C=C\c1c(C)oc2c(N(c3ccc(C)cc3)c3cc(C4CCCCC4)c4ccc5c(Nc6ccc(C)cc6)cc(C6CCCCC6)c6ccc3c4c56)cccc12. The molecule has 0 aliphatic heterocycles. The molecule has 66 heavy (non-hydrogen) atoms. The maximum absolute atomic E-state index is 6.94. The van der Waals surface area contributed by atoms with Crippen LogP contribution in [-0.4, -0.2) is 0 Å². The summed E-state index contributed by atoms with van der Waals surface area (Å²) in [5.74, 6) is 1.97. The van der Waals surface area contributed by atoms with Gasteiger partial charge in [0.1, 0.15) is 5.76 Å². The molecule has 2 fully saturated rings. The number of anilines is 5. The van der Waals surface area contributed by atoms with Gasteiger partial charge in [-0.15, -0.1) is 0 Å². The van der Waals surface area contributed by atoms with Crippen molar-refractivity contribution in [2.75, 3.05) is 10.2 Å². The summed E-state index contributed by atoms with van der Waals surface area (Å²) in [5, 5.41) is 13.3. The molecule has 8 aromatic carbocycles. The van der Waals surface area contributed by atoms with Crippen molar-refractivity contribution < 1.29 is 4.42 Å². The Bertz CT molecular complexity index is 3240. The Morgan fingerprint density at radius 2 is 1.17 bits per heavy atom. The summed E-state index contributed by atoms with van der Waals surface area (Å²) in [4.78, 5) is 2.52. The second-order valence-corrected chi connectivity index (χ2v) is 19.4. The summed E-state index contributed by atoms with van der Waals surface area (Å²) in [6.45, 7) is 8.68. The van der Waals surface area contributed by atoms with Crippen LogP contribution in [0.2, 0.25) is 0 Å². The number of allylic oxidation sites excluding steroid dienone is 2. The lowest BCUT2D eigenvalue weighted by atomic mass is 9.77. The minimum Gasteiger partial charge on any atom is -0.459 e. The average molecular weight is 863 g/mol. The number of nitrogens with one attached hydrogen (secondary N) is 1. The van der Waals surface area contributed by atoms with E-state index in [1.54, 1.807) is 0 Å². The maximum Gasteiger partial charge on any atom is 0.158 e. The molecule has 0 bridgehead atoms. The minimum atomic E-state index is 0.501. The average Bonchev–Trinajstić information content (AvgIpc) is 3.69. The third-order valence-electron chi connectivity index (χ3n) is 15.1. The van der Waals surface area contributed by atoms with E-state index in [0.717, 1.165) is 45.8 Å². The molecule has 3 nitrogen and oxygen atoms in total. The number of furan rings is 1. The van der Waals surface area contributed by atoms with E-state index in [1.807, 2.05) is 0 Å². The molecule has 0 amide bonds. The van der Waals surface area contributed by atoms with Gasteiger partial charge in [-0.3, -0.25) is 0 Å². The summed E-state index contributed by atoms with van der Waals surface area (Å²) < 4.78 is 6.94. The molecule has 0 spiro atoms. The van der Waals surface area contributed by atoms with Crippen molar-refractivity contribution in [2.45, 2.75) is 110 Å². The standard InChI is InChI=1S/C63H62N2O/c1-5-44-17-12-13-18-45(44)19-14-15-24-50-43(4)66-63-53(50)25-16-26-59(63)65(49-33-29-42(3)30-34-49)60-40-57(47-22-10-7-11-23-47)52-35-37-54-58(64-48-31-27-41(2)28-32-48)39-56(46-20-8-6-9-21-46)51-36-38-55(60)62(52)61(51)54/h12-19,24-40,46-47,64H,5-11,20-23H2,1-4H3/b19-14+,24-15-. The highest BCUT2D eigenvalue weighted by atomic mass is 16.3. The second-order valence-electron chi connectivity index (χ2n) is 19.4. The molecule has 3 heteroatoms. The number of benzene rings is 8. The molecule has 9 aromatic rings. The first-order valence-corrected chi connectivity index (χ1v) is 24.9. The molecular weight excluding hydrogens is 801 g/mol. The molecule has 0 unspecified atom stereocenters. The van der Waals surface area contributed by atoms with Crippen LogP contribution in [0.4, 0.5) is 28.4 Å². The van der Waals surface area contributed by atoms with Crippen molar-refractivity contribution in [3.05, 3.63) is 184 Å². The highest BCUT2D eigenvalue weighted by molar-refractivity contribution is 6.29. The van der Waals surface area contributed by atoms with Crippen molar-refractivity contribution in [1.82, 2.24) is 0 Å². The zero-order valence-corrected chi connectivity index (χ0v) is 39.2. The van der Waals surface area contributed by atoms with E-state index < -0.39 is 0 Å². The van der Waals surface area contributed by atoms with E-state index >= 15 is 0 Å². The Morgan fingerprint density at radius 1 is 0.561 bits per heavy atom. The van der Waals surface area contributed by atoms with E-state index in [-0.39, 0.29) is 0 Å². The van der Waals surface area contributed by atoms with E-state index in [2.05, 4.69) is 190 Å². The topological polar surface area (TPSA) is 28.4 Å². The third-order valence-corrected chi connectivity index (χ3v) is 15.1. The van der Waals surface area contributed by atoms with E-state index in [4.69, 9.17) is 4.42 Å². The molecular formula is C63H62N2O. The fourth-order valence-electron chi connectivity index (χ4n) is 11.7. The first kappa shape index (κ1) is 42.1. The van der Waals surface area contributed by atoms with Crippen LogP contribution in [-0.2, 0) is 6.42 Å². The van der Waals surface area contributed by atoms with Gasteiger partial charge in [-0.1, -0.05) is 166 Å². The van der Waals surface area contributed by atoms with Gasteiger partial charge in [-0.2, -0.15) is 0 Å². The largest absolute Gasteiger partial charge is 0.459 e. The Hall–Kier alpha value is -6.58. The van der Waals surface area contributed by atoms with Gasteiger partial charge in [-0.05, 0) is 151 Å². The summed E-state index contributed by atoms with van der Waals surface area (Å²) in [6.07, 6.45) is 22.5. The number of hydrogen-bond donors (Lipinski definition) is 1. The van der Waals surface area contributed by atoms with E-state index in [1.165, 1.54) is 141 Å². The Kier molecular flexibility index (Phi) is 11.5. The molecule has 0 radical (unpaired) electrons. The monoisotopic (exact) mass is 862 g/mol. The summed E-state index contributed by atoms with van der Waals surface area (Å²) in [7, 11) is 0. The highest BCUT2D eigenvalue weighted by Crippen LogP contribution is 2.52. The van der Waals surface area contributed by atoms with E-state index in [9.17, 15) is 0 Å². The summed E-state index contributed by atoms with van der Waals surface area (Å²) in [6, 6.07) is 48.3. The van der Waals surface area contributed by atoms with Crippen LogP contribution >= 0.6 is 0 Å². The van der Waals surface area contributed by atoms with Gasteiger partial charge < -0.3 is 14.6 Å². The van der Waals surface area contributed by atoms with Crippen LogP contribution < -0.4 is 10.2 Å². The lowest BCUT2D eigenvalue weighted by Crippen LogP contribution is -2.13.